The van der Waals surface area contributed by atoms with Crippen LogP contribution in [0.5, 0.6) is 0 Å². The predicted molar refractivity (Wildman–Crippen MR) is 77.8 cm³/mol. The average molecular weight is 276 g/mol. The number of hydrogen-bond donors (Lipinski definition) is 0. The molecule has 0 fully saturated rings. The summed E-state index contributed by atoms with van der Waals surface area (Å²) >= 11 is 0. The number of rotatable bonds is 4. The molecule has 4 heteroatoms. The highest BCUT2D eigenvalue weighted by Gasteiger charge is 2.28. The summed E-state index contributed by atoms with van der Waals surface area (Å²) < 4.78 is 0. The minimum atomic E-state index is -0.560. The second-order valence-corrected chi connectivity index (χ2v) is 4.68. The van der Waals surface area contributed by atoms with Gasteiger partial charge < -0.3 is 0 Å². The van der Waals surface area contributed by atoms with Crippen LogP contribution in [0.3, 0.4) is 0 Å². The third kappa shape index (κ3) is 2.69. The van der Waals surface area contributed by atoms with Crippen LogP contribution in [0.2, 0.25) is 0 Å². The number of benzene rings is 2. The van der Waals surface area contributed by atoms with E-state index >= 15 is 0 Å². The zero-order valence-corrected chi connectivity index (χ0v) is 11.2. The molecule has 21 heavy (non-hydrogen) atoms. The van der Waals surface area contributed by atoms with Crippen molar-refractivity contribution < 1.29 is 9.59 Å². The van der Waals surface area contributed by atoms with Crippen molar-refractivity contribution in [2.75, 3.05) is 0 Å². The maximum atomic E-state index is 12.5. The average Bonchev–Trinajstić information content (AvgIpc) is 2.89. The van der Waals surface area contributed by atoms with E-state index in [2.05, 4.69) is 10.2 Å². The maximum absolute atomic E-state index is 12.5. The summed E-state index contributed by atoms with van der Waals surface area (Å²) in [4.78, 5) is 24.3. The Bertz CT molecular complexity index is 747. The molecule has 0 unspecified atom stereocenters. The quantitative estimate of drug-likeness (QED) is 0.635. The maximum Gasteiger partial charge on any atom is 0.301 e. The number of hydrogen-bond acceptors (Lipinski definition) is 3. The lowest BCUT2D eigenvalue weighted by Gasteiger charge is -2.03. The summed E-state index contributed by atoms with van der Waals surface area (Å²) in [5.41, 5.74) is 1.96. The smallest absolute Gasteiger partial charge is 0.288 e. The van der Waals surface area contributed by atoms with E-state index in [-0.39, 0.29) is 11.4 Å². The molecule has 102 valence electrons. The SMILES string of the molecule is O=C1N=NC(Cc2ccccc2)=C1C(=O)c1ccccc1. The molecule has 1 amide bonds. The largest absolute Gasteiger partial charge is 0.301 e. The fourth-order valence-electron chi connectivity index (χ4n) is 2.20. The number of nitrogens with zero attached hydrogens (tertiary/aromatic N) is 2. The highest BCUT2D eigenvalue weighted by molar-refractivity contribution is 6.27. The summed E-state index contributed by atoms with van der Waals surface area (Å²) in [5, 5.41) is 7.41. The first-order valence-electron chi connectivity index (χ1n) is 6.58. The number of allylic oxidation sites excluding steroid dienone is 1. The van der Waals surface area contributed by atoms with Gasteiger partial charge in [-0.25, -0.2) is 0 Å². The predicted octanol–water partition coefficient (Wildman–Crippen LogP) is 3.36. The van der Waals surface area contributed by atoms with Crippen LogP contribution in [0.15, 0.2) is 82.2 Å². The van der Waals surface area contributed by atoms with Gasteiger partial charge in [0, 0.05) is 12.0 Å². The molecule has 0 spiro atoms. The second kappa shape index (κ2) is 5.63. The van der Waals surface area contributed by atoms with Crippen LogP contribution in [0.1, 0.15) is 15.9 Å². The number of amides is 1. The highest BCUT2D eigenvalue weighted by Crippen LogP contribution is 2.24. The van der Waals surface area contributed by atoms with E-state index in [1.807, 2.05) is 36.4 Å². The minimum absolute atomic E-state index is 0.0741. The van der Waals surface area contributed by atoms with Gasteiger partial charge in [-0.2, -0.15) is 5.11 Å². The topological polar surface area (TPSA) is 58.9 Å². The minimum Gasteiger partial charge on any atom is -0.288 e. The molecule has 0 bridgehead atoms. The molecular formula is C17H12N2O2. The van der Waals surface area contributed by atoms with Crippen molar-refractivity contribution in [1.82, 2.24) is 0 Å². The van der Waals surface area contributed by atoms with Crippen LogP contribution in [-0.4, -0.2) is 11.7 Å². The van der Waals surface area contributed by atoms with Crippen molar-refractivity contribution in [3.63, 3.8) is 0 Å². The van der Waals surface area contributed by atoms with Crippen molar-refractivity contribution in [2.45, 2.75) is 6.42 Å². The lowest BCUT2D eigenvalue weighted by atomic mass is 9.99. The van der Waals surface area contributed by atoms with Gasteiger partial charge in [-0.3, -0.25) is 9.59 Å². The zero-order chi connectivity index (χ0) is 14.7. The van der Waals surface area contributed by atoms with Gasteiger partial charge in [0.25, 0.3) is 0 Å². The van der Waals surface area contributed by atoms with Crippen molar-refractivity contribution >= 4 is 11.7 Å². The molecule has 0 aromatic heterocycles. The number of carbonyl (C=O) groups is 2. The van der Waals surface area contributed by atoms with Gasteiger partial charge in [0.05, 0.1) is 5.70 Å². The Morgan fingerprint density at radius 3 is 2.14 bits per heavy atom. The summed E-state index contributed by atoms with van der Waals surface area (Å²) in [6.07, 6.45) is 0.421. The fourth-order valence-corrected chi connectivity index (χ4v) is 2.20. The van der Waals surface area contributed by atoms with Crippen molar-refractivity contribution in [3.8, 4) is 0 Å². The Kier molecular flexibility index (Phi) is 3.51. The van der Waals surface area contributed by atoms with Gasteiger partial charge in [-0.05, 0) is 5.56 Å². The first kappa shape index (κ1) is 13.1. The molecule has 1 aliphatic heterocycles. The molecule has 0 radical (unpaired) electrons. The Morgan fingerprint density at radius 2 is 1.48 bits per heavy atom. The number of Topliss-reactive ketones (excluding diaryl/α,β-unsaturated/α-hetero) is 1. The summed E-state index contributed by atoms with van der Waals surface area (Å²) in [6.45, 7) is 0. The zero-order valence-electron chi connectivity index (χ0n) is 11.2. The van der Waals surface area contributed by atoms with Crippen LogP contribution in [-0.2, 0) is 11.2 Å². The van der Waals surface area contributed by atoms with Crippen LogP contribution in [0, 0.1) is 0 Å². The Morgan fingerprint density at radius 1 is 0.857 bits per heavy atom. The summed E-state index contributed by atoms with van der Waals surface area (Å²) in [6, 6.07) is 18.3. The van der Waals surface area contributed by atoms with Gasteiger partial charge in [-0.15, -0.1) is 5.11 Å². The van der Waals surface area contributed by atoms with E-state index < -0.39 is 5.91 Å². The number of ketones is 1. The van der Waals surface area contributed by atoms with Crippen molar-refractivity contribution in [1.29, 1.82) is 0 Å². The Balaban J connectivity index is 1.96. The van der Waals surface area contributed by atoms with E-state index in [0.29, 0.717) is 17.7 Å². The number of azo groups is 1. The lowest BCUT2D eigenvalue weighted by molar-refractivity contribution is -0.114. The summed E-state index contributed by atoms with van der Waals surface area (Å²) in [7, 11) is 0. The van der Waals surface area contributed by atoms with Crippen LogP contribution >= 0.6 is 0 Å². The molecule has 0 aliphatic carbocycles. The van der Waals surface area contributed by atoms with E-state index in [9.17, 15) is 9.59 Å². The highest BCUT2D eigenvalue weighted by atomic mass is 16.2. The normalized spacial score (nSPS) is 13.8. The van der Waals surface area contributed by atoms with Crippen molar-refractivity contribution in [2.24, 2.45) is 10.2 Å². The van der Waals surface area contributed by atoms with E-state index in [1.54, 1.807) is 24.3 Å². The molecule has 0 N–H and O–H groups in total. The van der Waals surface area contributed by atoms with Gasteiger partial charge in [0.1, 0.15) is 5.57 Å². The molecule has 2 aromatic rings. The first-order chi connectivity index (χ1) is 10.3. The molecule has 2 aromatic carbocycles. The van der Waals surface area contributed by atoms with E-state index in [1.165, 1.54) is 0 Å². The molecule has 0 saturated carbocycles. The third-order valence-electron chi connectivity index (χ3n) is 3.24. The van der Waals surface area contributed by atoms with Gasteiger partial charge in [-0.1, -0.05) is 60.7 Å². The van der Waals surface area contributed by atoms with Gasteiger partial charge in [0.2, 0.25) is 5.78 Å². The second-order valence-electron chi connectivity index (χ2n) is 4.68. The summed E-state index contributed by atoms with van der Waals surface area (Å²) in [5.74, 6) is -0.883. The van der Waals surface area contributed by atoms with Crippen LogP contribution in [0.25, 0.3) is 0 Å². The Labute approximate surface area is 121 Å². The Hall–Kier alpha value is -2.88. The van der Waals surface area contributed by atoms with Crippen molar-refractivity contribution in [3.05, 3.63) is 83.1 Å². The third-order valence-corrected chi connectivity index (χ3v) is 3.24. The fraction of sp³-hybridized carbons (Fsp3) is 0.0588. The monoisotopic (exact) mass is 276 g/mol. The molecule has 0 saturated heterocycles. The first-order valence-corrected chi connectivity index (χ1v) is 6.58. The van der Waals surface area contributed by atoms with Crippen LogP contribution < -0.4 is 0 Å². The lowest BCUT2D eigenvalue weighted by Crippen LogP contribution is -2.11. The number of carbonyl (C=O) groups excluding carboxylic acids is 2. The molecule has 0 atom stereocenters. The standard InChI is InChI=1S/C17H12N2O2/c20-16(13-9-5-2-6-10-13)15-14(18-19-17(15)21)11-12-7-3-1-4-8-12/h1-10H,11H2. The van der Waals surface area contributed by atoms with Gasteiger partial charge >= 0.3 is 5.91 Å². The molecule has 4 nitrogen and oxygen atoms in total. The van der Waals surface area contributed by atoms with E-state index in [0.717, 1.165) is 5.56 Å². The van der Waals surface area contributed by atoms with Gasteiger partial charge in [0.15, 0.2) is 0 Å². The molecule has 1 heterocycles. The molecule has 1 aliphatic rings. The van der Waals surface area contributed by atoms with E-state index in [4.69, 9.17) is 0 Å². The molecular weight excluding hydrogens is 264 g/mol. The van der Waals surface area contributed by atoms with Crippen LogP contribution in [0.4, 0.5) is 0 Å². The molecule has 3 rings (SSSR count).